The van der Waals surface area contributed by atoms with Gasteiger partial charge < -0.3 is 37.2 Å². The number of hydrogen-bond acceptors (Lipinski definition) is 9. The predicted octanol–water partition coefficient (Wildman–Crippen LogP) is 0.376. The number of rotatable bonds is 7. The number of thioether (sulfide) groups is 2. The van der Waals surface area contributed by atoms with Crippen molar-refractivity contribution >= 4 is 53.1 Å². The van der Waals surface area contributed by atoms with E-state index in [4.69, 9.17) is 5.73 Å². The number of aliphatic carboxylic acids is 1. The van der Waals surface area contributed by atoms with Gasteiger partial charge >= 0.3 is 5.97 Å². The van der Waals surface area contributed by atoms with Crippen LogP contribution in [-0.4, -0.2) is 86.1 Å². The van der Waals surface area contributed by atoms with Crippen LogP contribution in [0.15, 0.2) is 54.6 Å². The fraction of sp³-hybridized carbons (Fsp3) is 0.414. The summed E-state index contributed by atoms with van der Waals surface area (Å²) < 4.78 is -0.903. The fourth-order valence-electron chi connectivity index (χ4n) is 4.25. The van der Waals surface area contributed by atoms with Gasteiger partial charge in [0.15, 0.2) is 0 Å². The van der Waals surface area contributed by atoms with Gasteiger partial charge in [-0.05, 0) is 43.5 Å². The van der Waals surface area contributed by atoms with E-state index in [9.17, 15) is 34.2 Å². The number of phenols is 1. The van der Waals surface area contributed by atoms with Crippen molar-refractivity contribution in [2.24, 2.45) is 5.73 Å². The van der Waals surface area contributed by atoms with E-state index in [1.54, 1.807) is 56.3 Å². The molecule has 0 spiro atoms. The molecule has 0 radical (unpaired) electrons. The molecule has 3 rings (SSSR count). The number of benzene rings is 2. The second-order valence-electron chi connectivity index (χ2n) is 10.6. The zero-order chi connectivity index (χ0) is 31.6. The second kappa shape index (κ2) is 15.6. The van der Waals surface area contributed by atoms with Crippen molar-refractivity contribution < 1.29 is 34.2 Å². The van der Waals surface area contributed by atoms with Gasteiger partial charge in [0.2, 0.25) is 23.6 Å². The Balaban J connectivity index is 1.79. The van der Waals surface area contributed by atoms with Gasteiger partial charge in [-0.2, -0.15) is 0 Å². The first kappa shape index (κ1) is 33.7. The Morgan fingerprint density at radius 2 is 1.70 bits per heavy atom. The van der Waals surface area contributed by atoms with E-state index in [0.29, 0.717) is 5.08 Å². The molecule has 0 aliphatic carbocycles. The van der Waals surface area contributed by atoms with Gasteiger partial charge in [-0.25, -0.2) is 4.79 Å². The molecule has 232 valence electrons. The van der Waals surface area contributed by atoms with Crippen molar-refractivity contribution in [2.75, 3.05) is 17.4 Å². The molecule has 1 aliphatic rings. The number of hydrogen-bond donors (Lipinski definition) is 7. The Morgan fingerprint density at radius 3 is 2.35 bits per heavy atom. The lowest BCUT2D eigenvalue weighted by atomic mass is 10.00. The van der Waals surface area contributed by atoms with Crippen molar-refractivity contribution in [1.29, 1.82) is 0 Å². The van der Waals surface area contributed by atoms with Gasteiger partial charge in [0.05, 0.1) is 12.6 Å². The highest BCUT2D eigenvalue weighted by atomic mass is 32.2. The molecule has 4 amide bonds. The first-order valence-corrected chi connectivity index (χ1v) is 15.7. The smallest absolute Gasteiger partial charge is 0.327 e. The van der Waals surface area contributed by atoms with Crippen LogP contribution in [0.5, 0.6) is 5.75 Å². The van der Waals surface area contributed by atoms with Crippen LogP contribution in [-0.2, 0) is 36.8 Å². The molecular weight excluding hydrogens is 594 g/mol. The van der Waals surface area contributed by atoms with E-state index in [1.165, 1.54) is 35.7 Å². The minimum absolute atomic E-state index is 0.0386. The Hall–Kier alpha value is -3.75. The van der Waals surface area contributed by atoms with E-state index >= 15 is 0 Å². The summed E-state index contributed by atoms with van der Waals surface area (Å²) in [6.07, 6.45) is 0.263. The molecule has 4 atom stereocenters. The molecule has 0 saturated carbocycles. The zero-order valence-electron chi connectivity index (χ0n) is 23.9. The van der Waals surface area contributed by atoms with E-state index in [1.807, 2.05) is 0 Å². The lowest BCUT2D eigenvalue weighted by Crippen LogP contribution is -2.60. The van der Waals surface area contributed by atoms with Gasteiger partial charge in [0, 0.05) is 22.0 Å². The number of phenolic OH excluding ortho intramolecular Hbond substituents is 1. The molecule has 0 bridgehead atoms. The molecule has 2 aromatic carbocycles. The Labute approximate surface area is 258 Å². The SMILES string of the molecule is CC1(C)SCSCC(C(=O)O)NC(=O)[C@H](Cc2ccccc2)NC(=O)CNC(=O)[C@@H]1NC(=O)[C@@H](N)Cc1ccc(O)cc1. The molecule has 2 aromatic rings. The number of amides is 4. The van der Waals surface area contributed by atoms with Gasteiger partial charge in [0.25, 0.3) is 0 Å². The fourth-order valence-corrected chi connectivity index (χ4v) is 6.97. The van der Waals surface area contributed by atoms with Crippen LogP contribution >= 0.6 is 23.5 Å². The normalized spacial score (nSPS) is 22.5. The maximum absolute atomic E-state index is 13.4. The highest BCUT2D eigenvalue weighted by molar-refractivity contribution is 8.16. The minimum Gasteiger partial charge on any atom is -0.508 e. The molecule has 1 unspecified atom stereocenters. The first-order chi connectivity index (χ1) is 20.4. The minimum atomic E-state index is -1.22. The Morgan fingerprint density at radius 1 is 1.02 bits per heavy atom. The number of carboxylic acids is 1. The van der Waals surface area contributed by atoms with Crippen LogP contribution in [0.3, 0.4) is 0 Å². The number of nitrogens with two attached hydrogens (primary N) is 1. The summed E-state index contributed by atoms with van der Waals surface area (Å²) in [5.74, 6) is -3.63. The third-order valence-corrected chi connectivity index (χ3v) is 9.43. The molecule has 1 heterocycles. The van der Waals surface area contributed by atoms with E-state index in [-0.39, 0.29) is 24.3 Å². The van der Waals surface area contributed by atoms with Crippen molar-refractivity contribution in [3.05, 3.63) is 65.7 Å². The third-order valence-electron chi connectivity index (χ3n) is 6.74. The van der Waals surface area contributed by atoms with E-state index in [0.717, 1.165) is 11.1 Å². The summed E-state index contributed by atoms with van der Waals surface area (Å²) in [5.41, 5.74) is 7.61. The van der Waals surface area contributed by atoms with Gasteiger partial charge in [0.1, 0.15) is 23.9 Å². The molecule has 8 N–H and O–H groups in total. The van der Waals surface area contributed by atoms with E-state index in [2.05, 4.69) is 21.3 Å². The number of carbonyl (C=O) groups is 5. The average Bonchev–Trinajstić information content (AvgIpc) is 2.96. The zero-order valence-corrected chi connectivity index (χ0v) is 25.5. The standard InChI is InChI=1S/C29H37N5O7S2/c1-29(2)24(34-25(37)20(30)12-18-8-10-19(35)11-9-18)27(39)31-14-23(36)32-21(13-17-6-4-3-5-7-17)26(38)33-22(28(40)41)15-42-16-43-29/h3-11,20-22,24,35H,12-16,30H2,1-2H3,(H,31,39)(H,32,36)(H,33,38)(H,34,37)(H,40,41)/t20-,21-,22?,24-/m0/s1. The maximum atomic E-state index is 13.4. The number of carbonyl (C=O) groups excluding carboxylic acids is 4. The Kier molecular flexibility index (Phi) is 12.3. The quantitative estimate of drug-likeness (QED) is 0.224. The molecule has 14 heteroatoms. The first-order valence-electron chi connectivity index (χ1n) is 13.6. The number of carboxylic acid groups (broad SMARTS) is 1. The van der Waals surface area contributed by atoms with Crippen LogP contribution in [0.25, 0.3) is 0 Å². The Bertz CT molecular complexity index is 1290. The summed E-state index contributed by atoms with van der Waals surface area (Å²) in [6.45, 7) is 3.01. The van der Waals surface area contributed by atoms with Gasteiger partial charge in [-0.15, -0.1) is 23.5 Å². The van der Waals surface area contributed by atoms with Gasteiger partial charge in [-0.3, -0.25) is 19.2 Å². The summed E-state index contributed by atoms with van der Waals surface area (Å²) >= 11 is 2.57. The molecular formula is C29H37N5O7S2. The number of aromatic hydroxyl groups is 1. The van der Waals surface area contributed by atoms with Crippen molar-refractivity contribution in [1.82, 2.24) is 21.3 Å². The van der Waals surface area contributed by atoms with E-state index < -0.39 is 65.1 Å². The summed E-state index contributed by atoms with van der Waals surface area (Å²) in [5, 5.41) is 30.0. The highest BCUT2D eigenvalue weighted by Gasteiger charge is 2.38. The lowest BCUT2D eigenvalue weighted by Gasteiger charge is -2.34. The highest BCUT2D eigenvalue weighted by Crippen LogP contribution is 2.32. The average molecular weight is 632 g/mol. The van der Waals surface area contributed by atoms with Crippen LogP contribution in [0.2, 0.25) is 0 Å². The monoisotopic (exact) mass is 631 g/mol. The van der Waals surface area contributed by atoms with Crippen molar-refractivity contribution in [2.45, 2.75) is 55.6 Å². The maximum Gasteiger partial charge on any atom is 0.327 e. The second-order valence-corrected chi connectivity index (χ2v) is 13.6. The lowest BCUT2D eigenvalue weighted by molar-refractivity contribution is -0.141. The third kappa shape index (κ3) is 10.5. The van der Waals surface area contributed by atoms with Crippen molar-refractivity contribution in [3.8, 4) is 5.75 Å². The summed E-state index contributed by atoms with van der Waals surface area (Å²) in [4.78, 5) is 64.4. The van der Waals surface area contributed by atoms with Crippen LogP contribution < -0.4 is 27.0 Å². The molecule has 12 nitrogen and oxygen atoms in total. The summed E-state index contributed by atoms with van der Waals surface area (Å²) in [6, 6.07) is 10.8. The number of nitrogens with one attached hydrogen (secondary N) is 4. The molecule has 1 saturated heterocycles. The van der Waals surface area contributed by atoms with Gasteiger partial charge in [-0.1, -0.05) is 42.5 Å². The van der Waals surface area contributed by atoms with Crippen molar-refractivity contribution in [3.63, 3.8) is 0 Å². The van der Waals surface area contributed by atoms with Crippen LogP contribution in [0.1, 0.15) is 25.0 Å². The van der Waals surface area contributed by atoms with Crippen LogP contribution in [0.4, 0.5) is 0 Å². The molecule has 0 aromatic heterocycles. The molecule has 1 aliphatic heterocycles. The molecule has 1 fully saturated rings. The molecule has 43 heavy (non-hydrogen) atoms. The largest absolute Gasteiger partial charge is 0.508 e. The van der Waals surface area contributed by atoms with Crippen LogP contribution in [0, 0.1) is 0 Å². The predicted molar refractivity (Wildman–Crippen MR) is 165 cm³/mol. The summed E-state index contributed by atoms with van der Waals surface area (Å²) in [7, 11) is 0. The topological polar surface area (TPSA) is 200 Å².